The Hall–Kier alpha value is -1.60. The molecule has 2 aliphatic rings. The van der Waals surface area contributed by atoms with Gasteiger partial charge >= 0.3 is 6.18 Å². The summed E-state index contributed by atoms with van der Waals surface area (Å²) in [6.07, 6.45) is -1.30. The molecule has 2 fully saturated rings. The van der Waals surface area contributed by atoms with Gasteiger partial charge in [0.25, 0.3) is 5.91 Å². The normalized spacial score (nSPS) is 23.7. The second-order valence-electron chi connectivity index (χ2n) is 6.65. The summed E-state index contributed by atoms with van der Waals surface area (Å²) >= 11 is 0. The van der Waals surface area contributed by atoms with Gasteiger partial charge in [0, 0.05) is 32.4 Å². The molecule has 1 aromatic rings. The molecule has 0 unspecified atom stereocenters. The largest absolute Gasteiger partial charge is 0.416 e. The zero-order valence-electron chi connectivity index (χ0n) is 14.1. The van der Waals surface area contributed by atoms with Gasteiger partial charge in [0.05, 0.1) is 17.3 Å². The lowest BCUT2D eigenvalue weighted by atomic mass is 9.81. The van der Waals surface area contributed by atoms with E-state index in [1.807, 2.05) is 0 Å². The summed E-state index contributed by atoms with van der Waals surface area (Å²) in [5.41, 5.74) is -1.11. The molecular formula is C18H22F3NO3. The Morgan fingerprint density at radius 3 is 2.68 bits per heavy atom. The van der Waals surface area contributed by atoms with Crippen LogP contribution in [0.1, 0.15) is 41.6 Å². The van der Waals surface area contributed by atoms with Crippen molar-refractivity contribution in [3.05, 3.63) is 35.4 Å². The minimum Gasteiger partial charge on any atom is -0.378 e. The first-order chi connectivity index (χ1) is 11.9. The molecular weight excluding hydrogens is 335 g/mol. The van der Waals surface area contributed by atoms with Crippen molar-refractivity contribution in [1.29, 1.82) is 0 Å². The lowest BCUT2D eigenvalue weighted by Gasteiger charge is -2.48. The fraction of sp³-hybridized carbons (Fsp3) is 0.611. The molecule has 1 atom stereocenters. The van der Waals surface area contributed by atoms with E-state index in [2.05, 4.69) is 0 Å². The number of benzene rings is 1. The molecule has 0 aliphatic carbocycles. The molecule has 2 heterocycles. The van der Waals surface area contributed by atoms with Gasteiger partial charge in [0.2, 0.25) is 0 Å². The second-order valence-corrected chi connectivity index (χ2v) is 6.65. The zero-order chi connectivity index (χ0) is 18.1. The van der Waals surface area contributed by atoms with Crippen LogP contribution in [0.25, 0.3) is 0 Å². The van der Waals surface area contributed by atoms with Crippen LogP contribution in [-0.2, 0) is 15.7 Å². The van der Waals surface area contributed by atoms with Crippen LogP contribution in [0.4, 0.5) is 13.2 Å². The third-order valence-corrected chi connectivity index (χ3v) is 5.21. The average molecular weight is 357 g/mol. The van der Waals surface area contributed by atoms with E-state index in [9.17, 15) is 18.0 Å². The molecule has 0 bridgehead atoms. The lowest BCUT2D eigenvalue weighted by Crippen LogP contribution is -2.56. The first kappa shape index (κ1) is 18.2. The van der Waals surface area contributed by atoms with Crippen molar-refractivity contribution in [2.24, 2.45) is 0 Å². The fourth-order valence-electron chi connectivity index (χ4n) is 3.80. The standard InChI is InChI=1S/C18H22F3NO3/c1-24-15-6-3-11-25-17(15)7-9-22(10-8-17)16(23)13-4-2-5-14(12-13)18(19,20)21/h2,4-5,12,15H,3,6-11H2,1H3/t15-/m0/s1. The van der Waals surface area contributed by atoms with Gasteiger partial charge in [-0.1, -0.05) is 6.07 Å². The van der Waals surface area contributed by atoms with E-state index in [0.29, 0.717) is 32.5 Å². The SMILES string of the molecule is CO[C@H]1CCCOC12CCN(C(=O)c1cccc(C(F)(F)F)c1)CC2. The van der Waals surface area contributed by atoms with E-state index in [-0.39, 0.29) is 23.2 Å². The van der Waals surface area contributed by atoms with Gasteiger partial charge in [0.1, 0.15) is 0 Å². The van der Waals surface area contributed by atoms with Gasteiger partial charge in [-0.2, -0.15) is 13.2 Å². The third kappa shape index (κ3) is 3.67. The van der Waals surface area contributed by atoms with E-state index in [1.54, 1.807) is 12.0 Å². The molecule has 25 heavy (non-hydrogen) atoms. The average Bonchev–Trinajstić information content (AvgIpc) is 2.62. The minimum absolute atomic E-state index is 0.00654. The van der Waals surface area contributed by atoms with Gasteiger partial charge in [0.15, 0.2) is 0 Å². The number of hydrogen-bond acceptors (Lipinski definition) is 3. The maximum atomic E-state index is 12.8. The fourth-order valence-corrected chi connectivity index (χ4v) is 3.80. The van der Waals surface area contributed by atoms with Crippen molar-refractivity contribution in [1.82, 2.24) is 4.90 Å². The van der Waals surface area contributed by atoms with Crippen LogP contribution in [0.2, 0.25) is 0 Å². The van der Waals surface area contributed by atoms with Crippen molar-refractivity contribution in [2.75, 3.05) is 26.8 Å². The highest BCUT2D eigenvalue weighted by Crippen LogP contribution is 2.37. The summed E-state index contributed by atoms with van der Waals surface area (Å²) in [5, 5.41) is 0. The predicted octanol–water partition coefficient (Wildman–Crippen LogP) is 3.51. The number of piperidine rings is 1. The van der Waals surface area contributed by atoms with Gasteiger partial charge in [-0.05, 0) is 43.9 Å². The van der Waals surface area contributed by atoms with Gasteiger partial charge in [-0.15, -0.1) is 0 Å². The molecule has 138 valence electrons. The van der Waals surface area contributed by atoms with Crippen molar-refractivity contribution < 1.29 is 27.4 Å². The van der Waals surface area contributed by atoms with Crippen LogP contribution in [0.15, 0.2) is 24.3 Å². The first-order valence-electron chi connectivity index (χ1n) is 8.49. The quantitative estimate of drug-likeness (QED) is 0.813. The van der Waals surface area contributed by atoms with Gasteiger partial charge < -0.3 is 14.4 Å². The molecule has 1 spiro atoms. The monoisotopic (exact) mass is 357 g/mol. The molecule has 0 radical (unpaired) electrons. The van der Waals surface area contributed by atoms with Crippen molar-refractivity contribution in [3.8, 4) is 0 Å². The number of ether oxygens (including phenoxy) is 2. The van der Waals surface area contributed by atoms with E-state index in [1.165, 1.54) is 12.1 Å². The van der Waals surface area contributed by atoms with Crippen LogP contribution < -0.4 is 0 Å². The Labute approximate surface area is 144 Å². The number of amides is 1. The summed E-state index contributed by atoms with van der Waals surface area (Å²) in [6, 6.07) is 4.59. The maximum Gasteiger partial charge on any atom is 0.416 e. The van der Waals surface area contributed by atoms with Crippen LogP contribution in [0, 0.1) is 0 Å². The predicted molar refractivity (Wildman–Crippen MR) is 85.3 cm³/mol. The number of halogens is 3. The molecule has 7 heteroatoms. The molecule has 0 aromatic heterocycles. The van der Waals surface area contributed by atoms with Crippen LogP contribution >= 0.6 is 0 Å². The van der Waals surface area contributed by atoms with Crippen molar-refractivity contribution in [3.63, 3.8) is 0 Å². The zero-order valence-corrected chi connectivity index (χ0v) is 14.1. The maximum absolute atomic E-state index is 12.8. The van der Waals surface area contributed by atoms with Gasteiger partial charge in [-0.25, -0.2) is 0 Å². The summed E-state index contributed by atoms with van der Waals surface area (Å²) < 4.78 is 50.1. The number of hydrogen-bond donors (Lipinski definition) is 0. The third-order valence-electron chi connectivity index (χ3n) is 5.21. The van der Waals surface area contributed by atoms with Gasteiger partial charge in [-0.3, -0.25) is 4.79 Å². The molecule has 0 N–H and O–H groups in total. The highest BCUT2D eigenvalue weighted by Gasteiger charge is 2.45. The summed E-state index contributed by atoms with van der Waals surface area (Å²) in [6.45, 7) is 1.59. The van der Waals surface area contributed by atoms with E-state index in [0.717, 1.165) is 25.0 Å². The van der Waals surface area contributed by atoms with E-state index in [4.69, 9.17) is 9.47 Å². The molecule has 3 rings (SSSR count). The Morgan fingerprint density at radius 2 is 2.04 bits per heavy atom. The Balaban J connectivity index is 1.70. The second kappa shape index (κ2) is 6.96. The van der Waals surface area contributed by atoms with E-state index < -0.39 is 11.7 Å². The molecule has 2 saturated heterocycles. The minimum atomic E-state index is -4.45. The number of alkyl halides is 3. The number of carbonyl (C=O) groups excluding carboxylic acids is 1. The smallest absolute Gasteiger partial charge is 0.378 e. The number of nitrogens with zero attached hydrogens (tertiary/aromatic N) is 1. The highest BCUT2D eigenvalue weighted by atomic mass is 19.4. The Morgan fingerprint density at radius 1 is 1.32 bits per heavy atom. The molecule has 1 aromatic carbocycles. The van der Waals surface area contributed by atoms with Crippen LogP contribution in [0.3, 0.4) is 0 Å². The van der Waals surface area contributed by atoms with Crippen LogP contribution in [-0.4, -0.2) is 49.3 Å². The molecule has 2 aliphatic heterocycles. The number of likely N-dealkylation sites (tertiary alicyclic amines) is 1. The number of carbonyl (C=O) groups is 1. The van der Waals surface area contributed by atoms with Crippen LogP contribution in [0.5, 0.6) is 0 Å². The molecule has 4 nitrogen and oxygen atoms in total. The summed E-state index contributed by atoms with van der Waals surface area (Å²) in [7, 11) is 1.67. The Bertz CT molecular complexity index is 624. The Kier molecular flexibility index (Phi) is 5.06. The molecule has 1 amide bonds. The lowest BCUT2D eigenvalue weighted by molar-refractivity contribution is -0.183. The van der Waals surface area contributed by atoms with E-state index >= 15 is 0 Å². The number of rotatable bonds is 2. The summed E-state index contributed by atoms with van der Waals surface area (Å²) in [4.78, 5) is 14.2. The highest BCUT2D eigenvalue weighted by molar-refractivity contribution is 5.94. The summed E-state index contributed by atoms with van der Waals surface area (Å²) in [5.74, 6) is -0.370. The first-order valence-corrected chi connectivity index (χ1v) is 8.49. The van der Waals surface area contributed by atoms with Crippen molar-refractivity contribution in [2.45, 2.75) is 43.6 Å². The van der Waals surface area contributed by atoms with Crippen molar-refractivity contribution >= 4 is 5.91 Å². The topological polar surface area (TPSA) is 38.8 Å². The number of methoxy groups -OCH3 is 1. The molecule has 0 saturated carbocycles.